The van der Waals surface area contributed by atoms with Gasteiger partial charge in [0.05, 0.1) is 14.2 Å². The molecule has 2 saturated heterocycles. The highest BCUT2D eigenvalue weighted by atomic mass is 16.5. The van der Waals surface area contributed by atoms with Crippen molar-refractivity contribution < 1.29 is 23.8 Å². The van der Waals surface area contributed by atoms with Crippen LogP contribution in [-0.4, -0.2) is 63.3 Å². The molecule has 3 rings (SSSR count). The summed E-state index contributed by atoms with van der Waals surface area (Å²) in [7, 11) is 3.11. The van der Waals surface area contributed by atoms with Gasteiger partial charge in [-0.25, -0.2) is 0 Å². The molecule has 2 aliphatic heterocycles. The normalized spacial score (nSPS) is 18.6. The van der Waals surface area contributed by atoms with Crippen LogP contribution in [0, 0.1) is 5.92 Å². The quantitative estimate of drug-likeness (QED) is 0.806. The summed E-state index contributed by atoms with van der Waals surface area (Å²) in [6.07, 6.45) is 4.12. The Kier molecular flexibility index (Phi) is 7.14. The second-order valence-corrected chi connectivity index (χ2v) is 7.46. The number of likely N-dealkylation sites (tertiary alicyclic amines) is 1. The third kappa shape index (κ3) is 5.16. The number of nitrogens with one attached hydrogen (secondary N) is 1. The van der Waals surface area contributed by atoms with Gasteiger partial charge < -0.3 is 24.4 Å². The molecule has 0 aliphatic carbocycles. The van der Waals surface area contributed by atoms with Gasteiger partial charge in [-0.05, 0) is 49.8 Å². The van der Waals surface area contributed by atoms with E-state index >= 15 is 0 Å². The van der Waals surface area contributed by atoms with Crippen molar-refractivity contribution in [1.29, 1.82) is 0 Å². The summed E-state index contributed by atoms with van der Waals surface area (Å²) in [6, 6.07) is 5.21. The second-order valence-electron chi connectivity index (χ2n) is 7.46. The van der Waals surface area contributed by atoms with Gasteiger partial charge in [0.2, 0.25) is 5.91 Å². The smallest absolute Gasteiger partial charge is 0.251 e. The van der Waals surface area contributed by atoms with Crippen molar-refractivity contribution in [3.8, 4) is 11.5 Å². The number of nitrogens with zero attached hydrogens (tertiary/aromatic N) is 1. The molecule has 0 unspecified atom stereocenters. The maximum atomic E-state index is 12.6. The van der Waals surface area contributed by atoms with Gasteiger partial charge in [-0.15, -0.1) is 0 Å². The van der Waals surface area contributed by atoms with Gasteiger partial charge >= 0.3 is 0 Å². The molecule has 1 N–H and O–H groups in total. The van der Waals surface area contributed by atoms with E-state index in [2.05, 4.69) is 5.32 Å². The lowest BCUT2D eigenvalue weighted by Gasteiger charge is -2.33. The first-order chi connectivity index (χ1) is 13.6. The molecule has 0 saturated carbocycles. The predicted molar refractivity (Wildman–Crippen MR) is 105 cm³/mol. The standard InChI is InChI=1S/C21H30N2O5/c1-26-18-4-3-16(14-19(18)27-2)21(25)22-17-5-9-23(10-6-17)20(24)13-15-7-11-28-12-8-15/h3-4,14-15,17H,5-13H2,1-2H3,(H,22,25). The van der Waals surface area contributed by atoms with Crippen molar-refractivity contribution in [2.75, 3.05) is 40.5 Å². The van der Waals surface area contributed by atoms with E-state index in [9.17, 15) is 9.59 Å². The van der Waals surface area contributed by atoms with Crippen LogP contribution in [0.4, 0.5) is 0 Å². The fraction of sp³-hybridized carbons (Fsp3) is 0.619. The highest BCUT2D eigenvalue weighted by molar-refractivity contribution is 5.95. The van der Waals surface area contributed by atoms with Crippen LogP contribution in [0.5, 0.6) is 11.5 Å². The SMILES string of the molecule is COc1ccc(C(=O)NC2CCN(C(=O)CC3CCOCC3)CC2)cc1OC. The number of amides is 2. The molecular formula is C21H30N2O5. The molecule has 0 atom stereocenters. The molecule has 2 aliphatic rings. The minimum absolute atomic E-state index is 0.0766. The molecule has 28 heavy (non-hydrogen) atoms. The third-order valence-electron chi connectivity index (χ3n) is 5.63. The molecule has 7 nitrogen and oxygen atoms in total. The Hall–Kier alpha value is -2.28. The second kappa shape index (κ2) is 9.78. The van der Waals surface area contributed by atoms with Gasteiger partial charge in [0.1, 0.15) is 0 Å². The Balaban J connectivity index is 1.47. The zero-order valence-corrected chi connectivity index (χ0v) is 16.7. The summed E-state index contributed by atoms with van der Waals surface area (Å²) in [5.41, 5.74) is 0.538. The van der Waals surface area contributed by atoms with Crippen LogP contribution in [0.25, 0.3) is 0 Å². The van der Waals surface area contributed by atoms with Crippen molar-refractivity contribution in [1.82, 2.24) is 10.2 Å². The third-order valence-corrected chi connectivity index (χ3v) is 5.63. The summed E-state index contributed by atoms with van der Waals surface area (Å²) in [5, 5.41) is 3.08. The minimum Gasteiger partial charge on any atom is -0.493 e. The fourth-order valence-electron chi connectivity index (χ4n) is 3.85. The van der Waals surface area contributed by atoms with Crippen molar-refractivity contribution >= 4 is 11.8 Å². The lowest BCUT2D eigenvalue weighted by molar-refractivity contribution is -0.134. The monoisotopic (exact) mass is 390 g/mol. The largest absolute Gasteiger partial charge is 0.493 e. The predicted octanol–water partition coefficient (Wildman–Crippen LogP) is 2.24. The first-order valence-electron chi connectivity index (χ1n) is 9.99. The fourth-order valence-corrected chi connectivity index (χ4v) is 3.85. The Bertz CT molecular complexity index is 679. The van der Waals surface area contributed by atoms with E-state index < -0.39 is 0 Å². The molecular weight excluding hydrogens is 360 g/mol. The highest BCUT2D eigenvalue weighted by Crippen LogP contribution is 2.27. The maximum absolute atomic E-state index is 12.6. The summed E-state index contributed by atoms with van der Waals surface area (Å²) >= 11 is 0. The van der Waals surface area contributed by atoms with Crippen LogP contribution in [0.2, 0.25) is 0 Å². The Morgan fingerprint density at radius 3 is 2.39 bits per heavy atom. The Morgan fingerprint density at radius 2 is 1.75 bits per heavy atom. The molecule has 7 heteroatoms. The topological polar surface area (TPSA) is 77.1 Å². The number of piperidine rings is 1. The summed E-state index contributed by atoms with van der Waals surface area (Å²) < 4.78 is 15.8. The first kappa shape index (κ1) is 20.5. The number of carbonyl (C=O) groups excluding carboxylic acids is 2. The van der Waals surface area contributed by atoms with E-state index in [4.69, 9.17) is 14.2 Å². The lowest BCUT2D eigenvalue weighted by Crippen LogP contribution is -2.47. The number of ether oxygens (including phenoxy) is 3. The molecule has 1 aromatic rings. The highest BCUT2D eigenvalue weighted by Gasteiger charge is 2.26. The summed E-state index contributed by atoms with van der Waals surface area (Å²) in [4.78, 5) is 27.0. The van der Waals surface area contributed by atoms with Crippen molar-refractivity contribution in [2.24, 2.45) is 5.92 Å². The van der Waals surface area contributed by atoms with E-state index in [1.807, 2.05) is 4.90 Å². The van der Waals surface area contributed by atoms with Crippen LogP contribution in [0.1, 0.15) is 42.5 Å². The first-order valence-corrected chi connectivity index (χ1v) is 9.99. The van der Waals surface area contributed by atoms with E-state index in [-0.39, 0.29) is 17.9 Å². The molecule has 154 valence electrons. The van der Waals surface area contributed by atoms with Crippen molar-refractivity contribution in [3.63, 3.8) is 0 Å². The van der Waals surface area contributed by atoms with Gasteiger partial charge in [-0.1, -0.05) is 0 Å². The van der Waals surface area contributed by atoms with Crippen LogP contribution in [0.3, 0.4) is 0 Å². The number of rotatable bonds is 6. The van der Waals surface area contributed by atoms with Crippen LogP contribution < -0.4 is 14.8 Å². The Morgan fingerprint density at radius 1 is 1.07 bits per heavy atom. The van der Waals surface area contributed by atoms with Crippen molar-refractivity contribution in [3.05, 3.63) is 23.8 Å². The number of benzene rings is 1. The Labute approximate surface area is 166 Å². The molecule has 1 aromatic carbocycles. The minimum atomic E-state index is -0.132. The summed E-state index contributed by atoms with van der Waals surface area (Å²) in [5.74, 6) is 1.67. The number of hydrogen-bond acceptors (Lipinski definition) is 5. The van der Waals surface area contributed by atoms with Gasteiger partial charge in [0.25, 0.3) is 5.91 Å². The van der Waals surface area contributed by atoms with Crippen LogP contribution in [0.15, 0.2) is 18.2 Å². The number of methoxy groups -OCH3 is 2. The van der Waals surface area contributed by atoms with Gasteiger partial charge in [0.15, 0.2) is 11.5 Å². The molecule has 2 amide bonds. The zero-order valence-electron chi connectivity index (χ0n) is 16.7. The molecule has 2 fully saturated rings. The van der Waals surface area contributed by atoms with Gasteiger partial charge in [-0.3, -0.25) is 9.59 Å². The number of hydrogen-bond donors (Lipinski definition) is 1. The van der Waals surface area contributed by atoms with Gasteiger partial charge in [-0.2, -0.15) is 0 Å². The van der Waals surface area contributed by atoms with E-state index in [1.54, 1.807) is 32.4 Å². The molecule has 0 bridgehead atoms. The number of carbonyl (C=O) groups is 2. The summed E-state index contributed by atoms with van der Waals surface area (Å²) in [6.45, 7) is 2.92. The zero-order chi connectivity index (χ0) is 19.9. The molecule has 0 radical (unpaired) electrons. The maximum Gasteiger partial charge on any atom is 0.251 e. The van der Waals surface area contributed by atoms with E-state index in [0.29, 0.717) is 42.5 Å². The molecule has 0 aromatic heterocycles. The lowest BCUT2D eigenvalue weighted by atomic mass is 9.95. The average Bonchev–Trinajstić information content (AvgIpc) is 2.74. The van der Waals surface area contributed by atoms with E-state index in [1.165, 1.54) is 0 Å². The van der Waals surface area contributed by atoms with Crippen molar-refractivity contribution in [2.45, 2.75) is 38.1 Å². The molecule has 2 heterocycles. The average molecular weight is 390 g/mol. The van der Waals surface area contributed by atoms with Crippen LogP contribution in [-0.2, 0) is 9.53 Å². The van der Waals surface area contributed by atoms with Crippen LogP contribution >= 0.6 is 0 Å². The molecule has 0 spiro atoms. The van der Waals surface area contributed by atoms with Gasteiger partial charge in [0, 0.05) is 44.3 Å². The van der Waals surface area contributed by atoms with E-state index in [0.717, 1.165) is 38.9 Å².